The summed E-state index contributed by atoms with van der Waals surface area (Å²) >= 11 is 0. The first kappa shape index (κ1) is 10.8. The van der Waals surface area contributed by atoms with Crippen LogP contribution in [0.5, 0.6) is 0 Å². The largest absolute Gasteiger partial charge is 0.393 e. The number of rotatable bonds is 3. The molecule has 0 radical (unpaired) electrons. The monoisotopic (exact) mass is 196 g/mol. The van der Waals surface area contributed by atoms with E-state index in [9.17, 15) is 9.50 Å². The van der Waals surface area contributed by atoms with Gasteiger partial charge in [0.15, 0.2) is 12.5 Å². The van der Waals surface area contributed by atoms with Gasteiger partial charge in [0.2, 0.25) is 0 Å². The van der Waals surface area contributed by atoms with E-state index in [1.807, 2.05) is 0 Å². The molecule has 6 heteroatoms. The van der Waals surface area contributed by atoms with Gasteiger partial charge < -0.3 is 24.8 Å². The molecule has 1 heterocycles. The number of halogens is 1. The average molecular weight is 196 g/mol. The number of hydrogen-bond donors (Lipinski definition) is 3. The van der Waals surface area contributed by atoms with Crippen molar-refractivity contribution < 1.29 is 29.2 Å². The lowest BCUT2D eigenvalue weighted by Crippen LogP contribution is -2.48. The summed E-state index contributed by atoms with van der Waals surface area (Å²) < 4.78 is 22.6. The second-order valence-electron chi connectivity index (χ2n) is 2.99. The van der Waals surface area contributed by atoms with Gasteiger partial charge in [0.25, 0.3) is 0 Å². The van der Waals surface area contributed by atoms with Crippen molar-refractivity contribution in [1.82, 2.24) is 0 Å². The van der Waals surface area contributed by atoms with Gasteiger partial charge in [0.1, 0.15) is 11.7 Å². The lowest BCUT2D eigenvalue weighted by molar-refractivity contribution is -0.196. The van der Waals surface area contributed by atoms with Gasteiger partial charge in [-0.3, -0.25) is 0 Å². The Morgan fingerprint density at radius 1 is 1.46 bits per heavy atom. The van der Waals surface area contributed by atoms with Crippen LogP contribution in [0, 0.1) is 0 Å². The minimum Gasteiger partial charge on any atom is -0.393 e. The van der Waals surface area contributed by atoms with Gasteiger partial charge in [-0.2, -0.15) is 0 Å². The quantitative estimate of drug-likeness (QED) is 0.507. The third-order valence-electron chi connectivity index (χ3n) is 2.22. The van der Waals surface area contributed by atoms with Crippen LogP contribution in [-0.4, -0.2) is 59.8 Å². The van der Waals surface area contributed by atoms with Crippen molar-refractivity contribution in [3.8, 4) is 0 Å². The lowest BCUT2D eigenvalue weighted by Gasteiger charge is -2.26. The average Bonchev–Trinajstić information content (AvgIpc) is 2.42. The third kappa shape index (κ3) is 1.55. The molecule has 78 valence electrons. The Balaban J connectivity index is 2.79. The van der Waals surface area contributed by atoms with Gasteiger partial charge >= 0.3 is 0 Å². The van der Waals surface area contributed by atoms with Crippen LogP contribution in [0.1, 0.15) is 0 Å². The summed E-state index contributed by atoms with van der Waals surface area (Å²) in [6.45, 7) is -1.32. The number of aliphatic hydroxyl groups is 3. The fourth-order valence-corrected chi connectivity index (χ4v) is 1.29. The minimum atomic E-state index is -1.76. The summed E-state index contributed by atoms with van der Waals surface area (Å²) in [4.78, 5) is 0. The summed E-state index contributed by atoms with van der Waals surface area (Å²) in [5.41, 5.74) is -1.65. The molecule has 0 aromatic carbocycles. The molecule has 1 aliphatic rings. The fourth-order valence-electron chi connectivity index (χ4n) is 1.29. The molecule has 0 saturated carbocycles. The Bertz CT molecular complexity index is 172. The van der Waals surface area contributed by atoms with E-state index in [2.05, 4.69) is 4.74 Å². The van der Waals surface area contributed by atoms with Gasteiger partial charge in [-0.25, -0.2) is 4.39 Å². The van der Waals surface area contributed by atoms with E-state index < -0.39 is 37.4 Å². The zero-order valence-electron chi connectivity index (χ0n) is 7.18. The SMILES string of the molecule is COC1OC(CO)(CO)C(O)C1F. The molecule has 0 aromatic rings. The maximum Gasteiger partial charge on any atom is 0.192 e. The highest BCUT2D eigenvalue weighted by atomic mass is 19.1. The lowest BCUT2D eigenvalue weighted by atomic mass is 9.98. The first-order valence-electron chi connectivity index (χ1n) is 3.86. The maximum atomic E-state index is 13.1. The molecule has 1 aliphatic heterocycles. The van der Waals surface area contributed by atoms with E-state index in [-0.39, 0.29) is 0 Å². The minimum absolute atomic E-state index is 0.662. The highest BCUT2D eigenvalue weighted by Crippen LogP contribution is 2.32. The molecule has 5 nitrogen and oxygen atoms in total. The Hall–Kier alpha value is -0.270. The van der Waals surface area contributed by atoms with E-state index in [1.54, 1.807) is 0 Å². The van der Waals surface area contributed by atoms with Crippen LogP contribution < -0.4 is 0 Å². The summed E-state index contributed by atoms with van der Waals surface area (Å²) in [6, 6.07) is 0. The van der Waals surface area contributed by atoms with Crippen LogP contribution in [0.4, 0.5) is 4.39 Å². The predicted molar refractivity (Wildman–Crippen MR) is 39.7 cm³/mol. The molecule has 0 amide bonds. The Morgan fingerprint density at radius 3 is 2.23 bits per heavy atom. The van der Waals surface area contributed by atoms with Crippen molar-refractivity contribution in [2.45, 2.75) is 24.2 Å². The van der Waals surface area contributed by atoms with E-state index >= 15 is 0 Å². The molecule has 0 aliphatic carbocycles. The Kier molecular flexibility index (Phi) is 3.20. The number of aliphatic hydroxyl groups excluding tert-OH is 3. The number of alkyl halides is 1. The van der Waals surface area contributed by atoms with E-state index in [4.69, 9.17) is 14.9 Å². The van der Waals surface area contributed by atoms with Crippen molar-refractivity contribution in [1.29, 1.82) is 0 Å². The molecule has 3 atom stereocenters. The van der Waals surface area contributed by atoms with Gasteiger partial charge in [-0.05, 0) is 0 Å². The number of hydrogen-bond acceptors (Lipinski definition) is 5. The summed E-state index contributed by atoms with van der Waals surface area (Å²) in [5.74, 6) is 0. The molecule has 13 heavy (non-hydrogen) atoms. The third-order valence-corrected chi connectivity index (χ3v) is 2.22. The highest BCUT2D eigenvalue weighted by molar-refractivity contribution is 4.99. The number of methoxy groups -OCH3 is 1. The second-order valence-corrected chi connectivity index (χ2v) is 2.99. The second kappa shape index (κ2) is 3.85. The molecule has 1 fully saturated rings. The molecule has 1 saturated heterocycles. The molecule has 3 N–H and O–H groups in total. The summed E-state index contributed by atoms with van der Waals surface area (Å²) in [6.07, 6.45) is -4.58. The normalized spacial score (nSPS) is 38.1. The van der Waals surface area contributed by atoms with Crippen LogP contribution in [-0.2, 0) is 9.47 Å². The van der Waals surface area contributed by atoms with Gasteiger partial charge in [0, 0.05) is 7.11 Å². The van der Waals surface area contributed by atoms with Crippen LogP contribution in [0.15, 0.2) is 0 Å². The van der Waals surface area contributed by atoms with E-state index in [0.717, 1.165) is 0 Å². The molecule has 0 spiro atoms. The van der Waals surface area contributed by atoms with Crippen LogP contribution in [0.2, 0.25) is 0 Å². The van der Waals surface area contributed by atoms with Gasteiger partial charge in [-0.1, -0.05) is 0 Å². The fraction of sp³-hybridized carbons (Fsp3) is 1.00. The van der Waals surface area contributed by atoms with Crippen molar-refractivity contribution in [3.63, 3.8) is 0 Å². The summed E-state index contributed by atoms with van der Waals surface area (Å²) in [5, 5.41) is 27.0. The van der Waals surface area contributed by atoms with Crippen LogP contribution >= 0.6 is 0 Å². The van der Waals surface area contributed by atoms with Gasteiger partial charge in [0.05, 0.1) is 13.2 Å². The van der Waals surface area contributed by atoms with E-state index in [0.29, 0.717) is 0 Å². The highest BCUT2D eigenvalue weighted by Gasteiger charge is 2.55. The smallest absolute Gasteiger partial charge is 0.192 e. The van der Waals surface area contributed by atoms with Crippen molar-refractivity contribution in [2.24, 2.45) is 0 Å². The Morgan fingerprint density at radius 2 is 2.00 bits per heavy atom. The molecule has 0 bridgehead atoms. The van der Waals surface area contributed by atoms with Crippen LogP contribution in [0.25, 0.3) is 0 Å². The Labute approximate surface area is 74.7 Å². The topological polar surface area (TPSA) is 79.2 Å². The molecule has 0 aromatic heterocycles. The standard InChI is InChI=1S/C7H13FO5/c1-12-6-4(8)5(11)7(2-9,3-10)13-6/h4-6,9-11H,2-3H2,1H3. The maximum absolute atomic E-state index is 13.1. The molecular weight excluding hydrogens is 183 g/mol. The first-order valence-corrected chi connectivity index (χ1v) is 3.86. The molecular formula is C7H13FO5. The van der Waals surface area contributed by atoms with Crippen molar-refractivity contribution in [2.75, 3.05) is 20.3 Å². The predicted octanol–water partition coefficient (Wildman–Crippen LogP) is -1.59. The van der Waals surface area contributed by atoms with Crippen LogP contribution in [0.3, 0.4) is 0 Å². The number of ether oxygens (including phenoxy) is 2. The summed E-state index contributed by atoms with van der Waals surface area (Å²) in [7, 11) is 1.22. The van der Waals surface area contributed by atoms with Crippen molar-refractivity contribution in [3.05, 3.63) is 0 Å². The zero-order valence-corrected chi connectivity index (χ0v) is 7.18. The van der Waals surface area contributed by atoms with Crippen molar-refractivity contribution >= 4 is 0 Å². The molecule has 3 unspecified atom stereocenters. The molecule has 1 rings (SSSR count). The zero-order chi connectivity index (χ0) is 10.1. The first-order chi connectivity index (χ1) is 6.11. The van der Waals surface area contributed by atoms with E-state index in [1.165, 1.54) is 7.11 Å². The van der Waals surface area contributed by atoms with Gasteiger partial charge in [-0.15, -0.1) is 0 Å².